The van der Waals surface area contributed by atoms with Gasteiger partial charge in [-0.25, -0.2) is 9.18 Å². The van der Waals surface area contributed by atoms with Crippen molar-refractivity contribution in [3.63, 3.8) is 0 Å². The van der Waals surface area contributed by atoms with E-state index in [0.29, 0.717) is 40.3 Å². The molecule has 3 saturated heterocycles. The molecule has 10 nitrogen and oxygen atoms in total. The molecule has 1 amide bonds. The summed E-state index contributed by atoms with van der Waals surface area (Å²) in [4.78, 5) is 47.3. The minimum absolute atomic E-state index is 0.0132. The smallest absolute Gasteiger partial charge is 0.410 e. The Morgan fingerprint density at radius 3 is 2.14 bits per heavy atom. The van der Waals surface area contributed by atoms with Gasteiger partial charge in [-0.05, 0) is 92.8 Å². The number of anilines is 1. The molecule has 4 aromatic carbocycles. The van der Waals surface area contributed by atoms with Crippen molar-refractivity contribution in [1.82, 2.24) is 24.8 Å². The number of hydrogen-bond donors (Lipinski definition) is 1. The van der Waals surface area contributed by atoms with E-state index in [4.69, 9.17) is 36.0 Å². The Kier molecular flexibility index (Phi) is 11.5. The van der Waals surface area contributed by atoms with E-state index in [0.717, 1.165) is 48.0 Å². The van der Waals surface area contributed by atoms with E-state index in [1.807, 2.05) is 92.4 Å². The lowest BCUT2D eigenvalue weighted by Crippen LogP contribution is -2.65. The van der Waals surface area contributed by atoms with E-state index < -0.39 is 24.8 Å². The lowest BCUT2D eigenvalue weighted by Gasteiger charge is -2.43. The molecule has 2 unspecified atom stereocenters. The van der Waals surface area contributed by atoms with Crippen molar-refractivity contribution in [2.75, 3.05) is 38.2 Å². The molecule has 0 aliphatic carbocycles. The van der Waals surface area contributed by atoms with Crippen LogP contribution in [0.25, 0.3) is 32.9 Å². The fraction of sp³-hybridized carbons (Fsp3) is 0.400. The molecule has 3 aliphatic heterocycles. The topological polar surface area (TPSA) is 104 Å². The van der Waals surface area contributed by atoms with E-state index in [1.54, 1.807) is 12.3 Å². The Balaban J connectivity index is 1.06. The monoisotopic (exact) mass is 886 g/mol. The molecule has 3 fully saturated rings. The first kappa shape index (κ1) is 43.1. The number of pyridine rings is 1. The molecule has 1 N–H and O–H groups in total. The van der Waals surface area contributed by atoms with E-state index in [2.05, 4.69) is 55.0 Å². The van der Waals surface area contributed by atoms with Gasteiger partial charge >= 0.3 is 12.1 Å². The van der Waals surface area contributed by atoms with Gasteiger partial charge < -0.3 is 19.2 Å². The van der Waals surface area contributed by atoms with Crippen LogP contribution in [0.4, 0.5) is 15.0 Å². The van der Waals surface area contributed by atoms with E-state index in [1.165, 1.54) is 0 Å². The third kappa shape index (κ3) is 8.04. The first-order valence-corrected chi connectivity index (χ1v) is 24.4. The Morgan fingerprint density at radius 1 is 0.873 bits per heavy atom. The van der Waals surface area contributed by atoms with Gasteiger partial charge in [0.25, 0.3) is 8.32 Å². The average molecular weight is 888 g/mol. The molecule has 0 spiro atoms. The maximum absolute atomic E-state index is 17.3. The number of aromatic nitrogens is 3. The predicted octanol–water partition coefficient (Wildman–Crippen LogP) is 8.85. The van der Waals surface area contributed by atoms with Gasteiger partial charge in [0.15, 0.2) is 5.82 Å². The summed E-state index contributed by atoms with van der Waals surface area (Å²) in [5.41, 5.74) is 0.187. The molecule has 2 aromatic heterocycles. The van der Waals surface area contributed by atoms with Gasteiger partial charge in [-0.1, -0.05) is 116 Å². The number of halogens is 2. The van der Waals surface area contributed by atoms with Crippen molar-refractivity contribution in [3.05, 3.63) is 114 Å². The normalized spacial score (nSPS) is 20.8. The summed E-state index contributed by atoms with van der Waals surface area (Å²) in [6.07, 6.45) is 4.69. The number of ether oxygens (including phenoxy) is 2. The van der Waals surface area contributed by atoms with Crippen molar-refractivity contribution < 1.29 is 23.5 Å². The van der Waals surface area contributed by atoms with Gasteiger partial charge in [-0.2, -0.15) is 9.97 Å². The molecular formula is C50H56ClFN6O4Si. The van der Waals surface area contributed by atoms with Crippen LogP contribution >= 0.6 is 11.6 Å². The second kappa shape index (κ2) is 16.8. The number of carbonyl (C=O) groups is 1. The summed E-state index contributed by atoms with van der Waals surface area (Å²) in [5, 5.41) is 4.07. The number of likely N-dealkylation sites (tertiary alicyclic amines) is 1. The van der Waals surface area contributed by atoms with Crippen molar-refractivity contribution in [1.29, 1.82) is 0 Å². The zero-order valence-corrected chi connectivity index (χ0v) is 38.6. The molecular weight excluding hydrogens is 831 g/mol. The molecule has 6 aromatic rings. The maximum Gasteiger partial charge on any atom is 0.410 e. The Bertz CT molecular complexity index is 2590. The minimum Gasteiger partial charge on any atom is -0.462 e. The van der Waals surface area contributed by atoms with Crippen LogP contribution in [0.2, 0.25) is 10.1 Å². The van der Waals surface area contributed by atoms with Crippen LogP contribution < -0.4 is 20.0 Å². The quantitative estimate of drug-likeness (QED) is 0.135. The van der Waals surface area contributed by atoms with Crippen molar-refractivity contribution in [3.8, 4) is 17.3 Å². The van der Waals surface area contributed by atoms with Crippen LogP contribution in [0, 0.1) is 11.7 Å². The number of hydrogen-bond acceptors (Lipinski definition) is 9. The largest absolute Gasteiger partial charge is 0.462 e. The van der Waals surface area contributed by atoms with E-state index in [-0.39, 0.29) is 54.0 Å². The van der Waals surface area contributed by atoms with E-state index in [9.17, 15) is 9.59 Å². The molecule has 5 heterocycles. The molecule has 328 valence electrons. The molecule has 9 rings (SSSR count). The third-order valence-corrected chi connectivity index (χ3v) is 18.4. The first-order chi connectivity index (χ1) is 30.1. The third-order valence-electron chi connectivity index (χ3n) is 13.6. The van der Waals surface area contributed by atoms with Gasteiger partial charge in [0.05, 0.1) is 17.5 Å². The molecule has 4 atom stereocenters. The maximum atomic E-state index is 17.3. The van der Waals surface area contributed by atoms with Crippen molar-refractivity contribution in [2.45, 2.75) is 89.1 Å². The Hall–Kier alpha value is -5.14. The summed E-state index contributed by atoms with van der Waals surface area (Å²) in [7, 11) is -1.15. The zero-order valence-electron chi connectivity index (χ0n) is 36.9. The predicted molar refractivity (Wildman–Crippen MR) is 251 cm³/mol. The molecule has 3 aliphatic rings. The summed E-state index contributed by atoms with van der Waals surface area (Å²) in [6, 6.07) is 31.4. The lowest BCUT2D eigenvalue weighted by atomic mass is 9.90. The summed E-state index contributed by atoms with van der Waals surface area (Å²) < 4.78 is 29.8. The highest BCUT2D eigenvalue weighted by atomic mass is 35.5. The summed E-state index contributed by atoms with van der Waals surface area (Å²) >= 11 is 6.74. The number of rotatable bonds is 10. The number of benzene rings is 4. The van der Waals surface area contributed by atoms with Crippen LogP contribution in [0.1, 0.15) is 60.3 Å². The lowest BCUT2D eigenvalue weighted by molar-refractivity contribution is 0.0122. The standard InChI is InChI=1S/C50H56ClFN6O4Si/c1-49(2,3)62-48(59)58-34-23-24-35(58)30-57(29-34)46-39-28-53-44(38-21-13-15-32-16-14-22-40(51)42(32)38)43(52)45(39)54-47(55-46)61-31-41-33(25-26-56(41)6)27-50(4,5)63(60,36-17-9-7-10-18-36)37-19-11-8-12-20-37/h7-22,28,33-35,41,60H,23-27,29-31H2,1-6H3/t33-,34?,35?,41+/m0/s1. The van der Waals surface area contributed by atoms with Crippen LogP contribution in [0.15, 0.2) is 103 Å². The second-order valence-electron chi connectivity index (χ2n) is 19.3. The van der Waals surface area contributed by atoms with Gasteiger partial charge in [0, 0.05) is 41.3 Å². The first-order valence-electron chi connectivity index (χ1n) is 22.1. The minimum atomic E-state index is -3.26. The fourth-order valence-corrected chi connectivity index (χ4v) is 14.6. The highest BCUT2D eigenvalue weighted by Gasteiger charge is 2.52. The summed E-state index contributed by atoms with van der Waals surface area (Å²) in [6.45, 7) is 12.2. The van der Waals surface area contributed by atoms with Crippen molar-refractivity contribution >= 4 is 63.9 Å². The molecule has 13 heteroatoms. The van der Waals surface area contributed by atoms with Gasteiger partial charge in [0.1, 0.15) is 29.2 Å². The van der Waals surface area contributed by atoms with Crippen LogP contribution in [-0.4, -0.2) is 101 Å². The Labute approximate surface area is 375 Å². The number of amides is 1. The highest BCUT2D eigenvalue weighted by Crippen LogP contribution is 2.46. The number of fused-ring (bicyclic) bond motifs is 4. The molecule has 2 bridgehead atoms. The van der Waals surface area contributed by atoms with Gasteiger partial charge in [-0.3, -0.25) is 14.8 Å². The number of nitrogens with zero attached hydrogens (tertiary/aromatic N) is 6. The SMILES string of the molecule is CN1CC[C@@H](CC(C)(C)[Si](O)(c2ccccc2)c2ccccc2)[C@H]1COc1nc(N2CC3CCC(C2)N3C(=O)OC(C)(C)C)c2cnc(-c3cccc4cccc(Cl)c34)c(F)c2n1. The number of carbonyl (C=O) groups excluding carboxylic acids is 1. The highest BCUT2D eigenvalue weighted by molar-refractivity contribution is 6.98. The Morgan fingerprint density at radius 2 is 1.51 bits per heavy atom. The van der Waals surface area contributed by atoms with Crippen LogP contribution in [-0.2, 0) is 4.74 Å². The van der Waals surface area contributed by atoms with Crippen LogP contribution in [0.5, 0.6) is 6.01 Å². The van der Waals surface area contributed by atoms with Gasteiger partial charge in [0.2, 0.25) is 0 Å². The van der Waals surface area contributed by atoms with Crippen molar-refractivity contribution in [2.24, 2.45) is 5.92 Å². The summed E-state index contributed by atoms with van der Waals surface area (Å²) in [5.74, 6) is 0.118. The van der Waals surface area contributed by atoms with Crippen LogP contribution in [0.3, 0.4) is 0 Å². The number of piperazine rings is 1. The van der Waals surface area contributed by atoms with E-state index >= 15 is 4.39 Å². The second-order valence-corrected chi connectivity index (χ2v) is 23.6. The molecule has 63 heavy (non-hydrogen) atoms. The average Bonchev–Trinajstić information content (AvgIpc) is 3.75. The van der Waals surface area contributed by atoms with Gasteiger partial charge in [-0.15, -0.1) is 0 Å². The molecule has 0 saturated carbocycles. The fourth-order valence-electron chi connectivity index (χ4n) is 10.6. The number of likely N-dealkylation sites (N-methyl/N-ethyl adjacent to an activating group) is 1. The molecule has 0 radical (unpaired) electrons. The zero-order chi connectivity index (χ0) is 44.3.